The number of rotatable bonds is 1. The summed E-state index contributed by atoms with van der Waals surface area (Å²) in [5.74, 6) is 0. The van der Waals surface area contributed by atoms with Crippen molar-refractivity contribution in [1.82, 2.24) is 4.90 Å². The molecule has 0 unspecified atom stereocenters. The first kappa shape index (κ1) is 17.8. The van der Waals surface area contributed by atoms with Crippen LogP contribution in [-0.4, -0.2) is 51.7 Å². The molecular formula is C22H31N3. The molecule has 0 aromatic heterocycles. The Bertz CT molecular complexity index is 685. The number of piperazine rings is 1. The molecule has 0 radical (unpaired) electrons. The number of nitrogens with zero attached hydrogens (tertiary/aromatic N) is 3. The number of fused-ring (bicyclic) bond motifs is 1. The maximum absolute atomic E-state index is 2.46. The lowest BCUT2D eigenvalue weighted by Crippen LogP contribution is -2.44. The van der Waals surface area contributed by atoms with Crippen LogP contribution < -0.4 is 9.80 Å². The monoisotopic (exact) mass is 337 g/mol. The van der Waals surface area contributed by atoms with Gasteiger partial charge in [-0.25, -0.2) is 0 Å². The average Bonchev–Trinajstić information content (AvgIpc) is 2.97. The fourth-order valence-corrected chi connectivity index (χ4v) is 3.52. The quantitative estimate of drug-likeness (QED) is 0.785. The van der Waals surface area contributed by atoms with Gasteiger partial charge in [0, 0.05) is 51.1 Å². The van der Waals surface area contributed by atoms with E-state index in [0.717, 1.165) is 13.1 Å². The van der Waals surface area contributed by atoms with Crippen molar-refractivity contribution in [1.29, 1.82) is 0 Å². The normalized spacial score (nSPS) is 17.1. The third-order valence-electron chi connectivity index (χ3n) is 5.27. The summed E-state index contributed by atoms with van der Waals surface area (Å²) in [5.41, 5.74) is 6.99. The number of hydrogen-bond donors (Lipinski definition) is 0. The summed E-state index contributed by atoms with van der Waals surface area (Å²) >= 11 is 0. The van der Waals surface area contributed by atoms with Crippen molar-refractivity contribution in [3.8, 4) is 0 Å². The maximum Gasteiger partial charge on any atom is 0.0397 e. The van der Waals surface area contributed by atoms with E-state index in [-0.39, 0.29) is 0 Å². The van der Waals surface area contributed by atoms with Gasteiger partial charge in [-0.3, -0.25) is 0 Å². The number of benzene rings is 2. The smallest absolute Gasteiger partial charge is 0.0397 e. The van der Waals surface area contributed by atoms with Gasteiger partial charge in [0.25, 0.3) is 0 Å². The Balaban J connectivity index is 0.000000150. The number of anilines is 2. The van der Waals surface area contributed by atoms with E-state index in [1.807, 2.05) is 0 Å². The lowest BCUT2D eigenvalue weighted by molar-refractivity contribution is 0.313. The Morgan fingerprint density at radius 2 is 1.36 bits per heavy atom. The van der Waals surface area contributed by atoms with Crippen molar-refractivity contribution in [2.24, 2.45) is 0 Å². The Hall–Kier alpha value is -2.00. The molecule has 0 N–H and O–H groups in total. The molecule has 0 aliphatic carbocycles. The standard InChI is InChI=1S/C12H18N2.C10H13N/c1-11-3-5-12(6-4-11)14-9-7-13(2)8-10-14;1-8-3-4-10-9(7-8)5-6-11(10)2/h3-6H,7-10H2,1-2H3;3-4,7H,5-6H2,1-2H3. The SMILES string of the molecule is Cc1ccc(N2CCN(C)CC2)cc1.Cc1ccc2c(c1)CCN2C. The van der Waals surface area contributed by atoms with Gasteiger partial charge in [0.15, 0.2) is 0 Å². The Labute approximate surface area is 152 Å². The van der Waals surface area contributed by atoms with Crippen LogP contribution in [0, 0.1) is 13.8 Å². The van der Waals surface area contributed by atoms with E-state index in [2.05, 4.69) is 85.1 Å². The van der Waals surface area contributed by atoms with Crippen LogP contribution in [-0.2, 0) is 6.42 Å². The number of hydrogen-bond acceptors (Lipinski definition) is 3. The van der Waals surface area contributed by atoms with Gasteiger partial charge >= 0.3 is 0 Å². The Morgan fingerprint density at radius 1 is 0.720 bits per heavy atom. The second kappa shape index (κ2) is 7.92. The fourth-order valence-electron chi connectivity index (χ4n) is 3.52. The Morgan fingerprint density at radius 3 is 2.04 bits per heavy atom. The maximum atomic E-state index is 2.46. The molecule has 2 aliphatic heterocycles. The second-order valence-corrected chi connectivity index (χ2v) is 7.43. The van der Waals surface area contributed by atoms with Gasteiger partial charge in [-0.05, 0) is 51.1 Å². The van der Waals surface area contributed by atoms with Gasteiger partial charge in [-0.1, -0.05) is 35.4 Å². The van der Waals surface area contributed by atoms with Gasteiger partial charge in [0.1, 0.15) is 0 Å². The zero-order chi connectivity index (χ0) is 17.8. The van der Waals surface area contributed by atoms with Crippen molar-refractivity contribution in [3.63, 3.8) is 0 Å². The summed E-state index contributed by atoms with van der Waals surface area (Å²) in [6.07, 6.45) is 1.22. The Kier molecular flexibility index (Phi) is 5.64. The van der Waals surface area contributed by atoms with E-state index in [4.69, 9.17) is 0 Å². The van der Waals surface area contributed by atoms with Crippen LogP contribution in [0.3, 0.4) is 0 Å². The minimum absolute atomic E-state index is 1.15. The van der Waals surface area contributed by atoms with Crippen LogP contribution in [0.5, 0.6) is 0 Å². The third-order valence-corrected chi connectivity index (χ3v) is 5.27. The first-order valence-electron chi connectivity index (χ1n) is 9.34. The summed E-state index contributed by atoms with van der Waals surface area (Å²) in [6.45, 7) is 10.1. The van der Waals surface area contributed by atoms with E-state index < -0.39 is 0 Å². The molecule has 0 atom stereocenters. The lowest BCUT2D eigenvalue weighted by Gasteiger charge is -2.34. The zero-order valence-electron chi connectivity index (χ0n) is 16.1. The highest BCUT2D eigenvalue weighted by atomic mass is 15.2. The predicted octanol–water partition coefficient (Wildman–Crippen LogP) is 3.73. The molecule has 2 heterocycles. The molecule has 2 aliphatic rings. The molecule has 0 amide bonds. The van der Waals surface area contributed by atoms with Crippen molar-refractivity contribution in [3.05, 3.63) is 59.2 Å². The van der Waals surface area contributed by atoms with Crippen molar-refractivity contribution >= 4 is 11.4 Å². The molecule has 25 heavy (non-hydrogen) atoms. The summed E-state index contributed by atoms with van der Waals surface area (Å²) in [4.78, 5) is 7.15. The predicted molar refractivity (Wildman–Crippen MR) is 109 cm³/mol. The van der Waals surface area contributed by atoms with E-state index in [9.17, 15) is 0 Å². The summed E-state index contributed by atoms with van der Waals surface area (Å²) in [5, 5.41) is 0. The summed E-state index contributed by atoms with van der Waals surface area (Å²) in [6, 6.07) is 15.5. The third kappa shape index (κ3) is 4.55. The molecule has 0 bridgehead atoms. The van der Waals surface area contributed by atoms with E-state index in [1.54, 1.807) is 0 Å². The number of aryl methyl sites for hydroxylation is 2. The van der Waals surface area contributed by atoms with Crippen LogP contribution in [0.2, 0.25) is 0 Å². The van der Waals surface area contributed by atoms with Crippen molar-refractivity contribution in [2.75, 3.05) is 56.6 Å². The molecule has 2 aromatic carbocycles. The van der Waals surface area contributed by atoms with Crippen LogP contribution in [0.15, 0.2) is 42.5 Å². The second-order valence-electron chi connectivity index (χ2n) is 7.43. The zero-order valence-corrected chi connectivity index (χ0v) is 16.1. The van der Waals surface area contributed by atoms with E-state index in [1.165, 1.54) is 54.1 Å². The largest absolute Gasteiger partial charge is 0.374 e. The first-order chi connectivity index (χ1) is 12.0. The molecule has 2 aromatic rings. The number of likely N-dealkylation sites (N-methyl/N-ethyl adjacent to an activating group) is 2. The molecule has 0 spiro atoms. The van der Waals surface area contributed by atoms with Crippen LogP contribution >= 0.6 is 0 Å². The van der Waals surface area contributed by atoms with E-state index >= 15 is 0 Å². The van der Waals surface area contributed by atoms with Gasteiger partial charge in [-0.15, -0.1) is 0 Å². The van der Waals surface area contributed by atoms with Crippen LogP contribution in [0.4, 0.5) is 11.4 Å². The molecular weight excluding hydrogens is 306 g/mol. The van der Waals surface area contributed by atoms with Gasteiger partial charge in [-0.2, -0.15) is 0 Å². The van der Waals surface area contributed by atoms with Crippen LogP contribution in [0.1, 0.15) is 16.7 Å². The van der Waals surface area contributed by atoms with Crippen LogP contribution in [0.25, 0.3) is 0 Å². The van der Waals surface area contributed by atoms with Crippen molar-refractivity contribution in [2.45, 2.75) is 20.3 Å². The molecule has 1 saturated heterocycles. The molecule has 3 heteroatoms. The highest BCUT2D eigenvalue weighted by molar-refractivity contribution is 5.58. The highest BCUT2D eigenvalue weighted by Gasteiger charge is 2.14. The average molecular weight is 338 g/mol. The molecule has 3 nitrogen and oxygen atoms in total. The molecule has 1 fully saturated rings. The fraction of sp³-hybridized carbons (Fsp3) is 0.455. The van der Waals surface area contributed by atoms with Gasteiger partial charge < -0.3 is 14.7 Å². The van der Waals surface area contributed by atoms with Crippen molar-refractivity contribution < 1.29 is 0 Å². The van der Waals surface area contributed by atoms with Gasteiger partial charge in [0.05, 0.1) is 0 Å². The molecule has 134 valence electrons. The molecule has 0 saturated carbocycles. The highest BCUT2D eigenvalue weighted by Crippen LogP contribution is 2.26. The molecule has 4 rings (SSSR count). The topological polar surface area (TPSA) is 9.72 Å². The minimum Gasteiger partial charge on any atom is -0.374 e. The minimum atomic E-state index is 1.15. The van der Waals surface area contributed by atoms with Gasteiger partial charge in [0.2, 0.25) is 0 Å². The summed E-state index contributed by atoms with van der Waals surface area (Å²) in [7, 11) is 4.34. The lowest BCUT2D eigenvalue weighted by atomic mass is 10.1. The van der Waals surface area contributed by atoms with E-state index in [0.29, 0.717) is 0 Å². The summed E-state index contributed by atoms with van der Waals surface area (Å²) < 4.78 is 0. The first-order valence-corrected chi connectivity index (χ1v) is 9.34.